The van der Waals surface area contributed by atoms with E-state index < -0.39 is 0 Å². The standard InChI is InChI=1S/C15H20N2O/c1-3-17(14-7-5-4-6-8-14)12-13-9-10-18-15(13)11-16-2/h4-10,16H,3,11-12H2,1-2H3. The van der Waals surface area contributed by atoms with Crippen molar-refractivity contribution >= 4 is 5.69 Å². The quantitative estimate of drug-likeness (QED) is 0.846. The first-order valence-corrected chi connectivity index (χ1v) is 6.35. The third kappa shape index (κ3) is 2.93. The Morgan fingerprint density at radius 1 is 1.17 bits per heavy atom. The first kappa shape index (κ1) is 12.7. The number of rotatable bonds is 6. The Hall–Kier alpha value is -1.74. The number of hydrogen-bond donors (Lipinski definition) is 1. The molecule has 0 spiro atoms. The predicted molar refractivity (Wildman–Crippen MR) is 74.6 cm³/mol. The van der Waals surface area contributed by atoms with E-state index in [9.17, 15) is 0 Å². The van der Waals surface area contributed by atoms with Crippen molar-refractivity contribution in [1.82, 2.24) is 5.32 Å². The second-order valence-corrected chi connectivity index (χ2v) is 4.25. The van der Waals surface area contributed by atoms with Gasteiger partial charge in [-0.3, -0.25) is 0 Å². The van der Waals surface area contributed by atoms with Gasteiger partial charge in [0, 0.05) is 24.3 Å². The molecule has 2 aromatic rings. The minimum absolute atomic E-state index is 0.772. The van der Waals surface area contributed by atoms with Crippen LogP contribution in [-0.4, -0.2) is 13.6 Å². The van der Waals surface area contributed by atoms with Crippen LogP contribution in [0.25, 0.3) is 0 Å². The number of furan rings is 1. The average Bonchev–Trinajstić information content (AvgIpc) is 2.85. The Labute approximate surface area is 108 Å². The van der Waals surface area contributed by atoms with Gasteiger partial charge in [-0.05, 0) is 32.2 Å². The Bertz CT molecular complexity index is 464. The van der Waals surface area contributed by atoms with E-state index >= 15 is 0 Å². The van der Waals surface area contributed by atoms with Gasteiger partial charge in [-0.2, -0.15) is 0 Å². The van der Waals surface area contributed by atoms with Crippen LogP contribution < -0.4 is 10.2 Å². The molecular weight excluding hydrogens is 224 g/mol. The van der Waals surface area contributed by atoms with Crippen molar-refractivity contribution in [3.05, 3.63) is 54.0 Å². The molecule has 3 heteroatoms. The molecule has 18 heavy (non-hydrogen) atoms. The van der Waals surface area contributed by atoms with E-state index in [1.165, 1.54) is 11.3 Å². The molecule has 0 aliphatic carbocycles. The molecule has 1 aromatic heterocycles. The fourth-order valence-corrected chi connectivity index (χ4v) is 2.05. The molecule has 0 saturated heterocycles. The van der Waals surface area contributed by atoms with E-state index in [-0.39, 0.29) is 0 Å². The molecule has 1 N–H and O–H groups in total. The van der Waals surface area contributed by atoms with E-state index in [4.69, 9.17) is 4.42 Å². The van der Waals surface area contributed by atoms with Gasteiger partial charge in [-0.15, -0.1) is 0 Å². The van der Waals surface area contributed by atoms with Crippen LogP contribution in [-0.2, 0) is 13.1 Å². The molecular formula is C15H20N2O. The molecule has 0 aliphatic heterocycles. The Morgan fingerprint density at radius 3 is 2.61 bits per heavy atom. The second kappa shape index (κ2) is 6.26. The fraction of sp³-hybridized carbons (Fsp3) is 0.333. The van der Waals surface area contributed by atoms with Gasteiger partial charge in [-0.25, -0.2) is 0 Å². The molecule has 0 bridgehead atoms. The summed E-state index contributed by atoms with van der Waals surface area (Å²) in [5.41, 5.74) is 2.49. The highest BCUT2D eigenvalue weighted by Gasteiger charge is 2.10. The Kier molecular flexibility index (Phi) is 4.42. The fourth-order valence-electron chi connectivity index (χ4n) is 2.05. The van der Waals surface area contributed by atoms with Crippen LogP contribution in [0.5, 0.6) is 0 Å². The van der Waals surface area contributed by atoms with Crippen LogP contribution in [0.15, 0.2) is 47.1 Å². The molecule has 96 valence electrons. The lowest BCUT2D eigenvalue weighted by atomic mass is 10.2. The van der Waals surface area contributed by atoms with E-state index in [1.807, 2.05) is 13.1 Å². The highest BCUT2D eigenvalue weighted by atomic mass is 16.3. The highest BCUT2D eigenvalue weighted by molar-refractivity contribution is 5.46. The molecule has 0 atom stereocenters. The summed E-state index contributed by atoms with van der Waals surface area (Å²) in [4.78, 5) is 2.34. The van der Waals surface area contributed by atoms with Gasteiger partial charge in [0.2, 0.25) is 0 Å². The van der Waals surface area contributed by atoms with E-state index in [2.05, 4.69) is 47.5 Å². The summed E-state index contributed by atoms with van der Waals surface area (Å²) in [6.45, 7) is 4.81. The largest absolute Gasteiger partial charge is 0.468 e. The van der Waals surface area contributed by atoms with Crippen molar-refractivity contribution in [1.29, 1.82) is 0 Å². The van der Waals surface area contributed by atoms with Crippen LogP contribution in [0.4, 0.5) is 5.69 Å². The van der Waals surface area contributed by atoms with Gasteiger partial charge in [0.25, 0.3) is 0 Å². The topological polar surface area (TPSA) is 28.4 Å². The third-order valence-corrected chi connectivity index (χ3v) is 3.04. The van der Waals surface area contributed by atoms with Gasteiger partial charge in [-0.1, -0.05) is 18.2 Å². The Balaban J connectivity index is 2.13. The highest BCUT2D eigenvalue weighted by Crippen LogP contribution is 2.19. The van der Waals surface area contributed by atoms with Crippen molar-refractivity contribution < 1.29 is 4.42 Å². The normalized spacial score (nSPS) is 10.6. The van der Waals surface area contributed by atoms with Crippen molar-refractivity contribution in [2.45, 2.75) is 20.0 Å². The summed E-state index contributed by atoms with van der Waals surface area (Å²) in [7, 11) is 1.93. The summed E-state index contributed by atoms with van der Waals surface area (Å²) >= 11 is 0. The van der Waals surface area contributed by atoms with Gasteiger partial charge < -0.3 is 14.6 Å². The summed E-state index contributed by atoms with van der Waals surface area (Å²) in [5, 5.41) is 3.13. The zero-order chi connectivity index (χ0) is 12.8. The lowest BCUT2D eigenvalue weighted by Crippen LogP contribution is -2.22. The number of para-hydroxylation sites is 1. The maximum atomic E-state index is 5.50. The van der Waals surface area contributed by atoms with Gasteiger partial charge >= 0.3 is 0 Å². The zero-order valence-corrected chi connectivity index (χ0v) is 11.0. The molecule has 1 aromatic carbocycles. The zero-order valence-electron chi connectivity index (χ0n) is 11.0. The van der Waals surface area contributed by atoms with E-state index in [1.54, 1.807) is 6.26 Å². The number of nitrogens with one attached hydrogen (secondary N) is 1. The number of benzene rings is 1. The maximum Gasteiger partial charge on any atom is 0.122 e. The molecule has 0 saturated carbocycles. The number of hydrogen-bond acceptors (Lipinski definition) is 3. The van der Waals surface area contributed by atoms with Crippen LogP contribution in [0.1, 0.15) is 18.2 Å². The lowest BCUT2D eigenvalue weighted by Gasteiger charge is -2.23. The lowest BCUT2D eigenvalue weighted by molar-refractivity contribution is 0.490. The SMILES string of the molecule is CCN(Cc1ccoc1CNC)c1ccccc1. The van der Waals surface area contributed by atoms with Crippen LogP contribution in [0, 0.1) is 0 Å². The van der Waals surface area contributed by atoms with Gasteiger partial charge in [0.05, 0.1) is 12.8 Å². The minimum atomic E-state index is 0.772. The van der Waals surface area contributed by atoms with Crippen molar-refractivity contribution in [3.8, 4) is 0 Å². The van der Waals surface area contributed by atoms with Gasteiger partial charge in [0.1, 0.15) is 5.76 Å². The third-order valence-electron chi connectivity index (χ3n) is 3.04. The van der Waals surface area contributed by atoms with E-state index in [0.29, 0.717) is 0 Å². The summed E-state index contributed by atoms with van der Waals surface area (Å²) in [5.74, 6) is 1.02. The molecule has 2 rings (SSSR count). The molecule has 3 nitrogen and oxygen atoms in total. The monoisotopic (exact) mass is 244 g/mol. The molecule has 0 aliphatic rings. The summed E-state index contributed by atoms with van der Waals surface area (Å²) < 4.78 is 5.50. The molecule has 0 unspecified atom stereocenters. The summed E-state index contributed by atoms with van der Waals surface area (Å²) in [6.07, 6.45) is 1.76. The average molecular weight is 244 g/mol. The molecule has 0 fully saturated rings. The first-order chi connectivity index (χ1) is 8.85. The predicted octanol–water partition coefficient (Wildman–Crippen LogP) is 3.03. The van der Waals surface area contributed by atoms with Crippen LogP contribution in [0.3, 0.4) is 0 Å². The van der Waals surface area contributed by atoms with Crippen LogP contribution >= 0.6 is 0 Å². The van der Waals surface area contributed by atoms with Crippen molar-refractivity contribution in [3.63, 3.8) is 0 Å². The minimum Gasteiger partial charge on any atom is -0.468 e. The van der Waals surface area contributed by atoms with Crippen LogP contribution in [0.2, 0.25) is 0 Å². The van der Waals surface area contributed by atoms with Crippen molar-refractivity contribution in [2.75, 3.05) is 18.5 Å². The number of anilines is 1. The molecule has 1 heterocycles. The number of nitrogens with zero attached hydrogens (tertiary/aromatic N) is 1. The van der Waals surface area contributed by atoms with Gasteiger partial charge in [0.15, 0.2) is 0 Å². The maximum absolute atomic E-state index is 5.50. The second-order valence-electron chi connectivity index (χ2n) is 4.25. The van der Waals surface area contributed by atoms with Crippen molar-refractivity contribution in [2.24, 2.45) is 0 Å². The van der Waals surface area contributed by atoms with E-state index in [0.717, 1.165) is 25.4 Å². The molecule has 0 amide bonds. The Morgan fingerprint density at radius 2 is 1.94 bits per heavy atom. The summed E-state index contributed by atoms with van der Waals surface area (Å²) in [6, 6.07) is 12.5. The molecule has 0 radical (unpaired) electrons. The smallest absolute Gasteiger partial charge is 0.122 e. The first-order valence-electron chi connectivity index (χ1n) is 6.35.